The van der Waals surface area contributed by atoms with Crippen molar-refractivity contribution >= 4 is 16.7 Å². The molecule has 1 aromatic heterocycles. The molecule has 2 N–H and O–H groups in total. The molecule has 0 radical (unpaired) electrons. The van der Waals surface area contributed by atoms with Crippen molar-refractivity contribution in [3.8, 4) is 0 Å². The minimum Gasteiger partial charge on any atom is -0.348 e. The number of fused-ring (bicyclic) bond motifs is 1. The summed E-state index contributed by atoms with van der Waals surface area (Å²) < 4.78 is 0. The van der Waals surface area contributed by atoms with E-state index >= 15 is 0 Å². The Hall–Kier alpha value is -2.88. The Labute approximate surface area is 121 Å². The van der Waals surface area contributed by atoms with E-state index in [1.165, 1.54) is 12.3 Å². The summed E-state index contributed by atoms with van der Waals surface area (Å²) in [7, 11) is 0. The second-order valence-electron chi connectivity index (χ2n) is 4.76. The number of pyridine rings is 1. The van der Waals surface area contributed by atoms with Gasteiger partial charge in [-0.15, -0.1) is 0 Å². The highest BCUT2D eigenvalue weighted by Gasteiger charge is 2.06. The molecule has 0 aliphatic rings. The van der Waals surface area contributed by atoms with Crippen molar-refractivity contribution in [2.45, 2.75) is 6.54 Å². The Morgan fingerprint density at radius 2 is 1.86 bits per heavy atom. The van der Waals surface area contributed by atoms with Crippen molar-refractivity contribution in [3.05, 3.63) is 82.3 Å². The molecule has 0 aliphatic carbocycles. The van der Waals surface area contributed by atoms with Crippen LogP contribution < -0.4 is 10.9 Å². The average molecular weight is 278 g/mol. The molecule has 0 aliphatic heterocycles. The van der Waals surface area contributed by atoms with Gasteiger partial charge in [-0.2, -0.15) is 0 Å². The van der Waals surface area contributed by atoms with Crippen LogP contribution in [-0.2, 0) is 6.54 Å². The molecule has 0 fully saturated rings. The lowest BCUT2D eigenvalue weighted by Crippen LogP contribution is -2.24. The van der Waals surface area contributed by atoms with Gasteiger partial charge in [0.15, 0.2) is 0 Å². The van der Waals surface area contributed by atoms with E-state index in [-0.39, 0.29) is 11.5 Å². The maximum absolute atomic E-state index is 12.0. The van der Waals surface area contributed by atoms with Gasteiger partial charge in [-0.1, -0.05) is 42.5 Å². The van der Waals surface area contributed by atoms with Crippen molar-refractivity contribution in [2.24, 2.45) is 0 Å². The fraction of sp³-hybridized carbons (Fsp3) is 0.0588. The predicted octanol–water partition coefficient (Wildman–Crippen LogP) is 2.46. The maximum Gasteiger partial charge on any atom is 0.251 e. The number of benzene rings is 2. The first-order chi connectivity index (χ1) is 10.2. The van der Waals surface area contributed by atoms with E-state index in [9.17, 15) is 9.59 Å². The Morgan fingerprint density at radius 1 is 1.05 bits per heavy atom. The second-order valence-corrected chi connectivity index (χ2v) is 4.76. The minimum atomic E-state index is -0.284. The lowest BCUT2D eigenvalue weighted by Gasteiger charge is -2.08. The molecular formula is C17H14N2O2. The van der Waals surface area contributed by atoms with Crippen LogP contribution in [0.1, 0.15) is 15.9 Å². The van der Waals surface area contributed by atoms with Crippen molar-refractivity contribution < 1.29 is 4.79 Å². The molecule has 3 aromatic rings. The Balaban J connectivity index is 1.81. The van der Waals surface area contributed by atoms with E-state index in [2.05, 4.69) is 10.3 Å². The third-order valence-electron chi connectivity index (χ3n) is 3.36. The van der Waals surface area contributed by atoms with Crippen LogP contribution in [0.4, 0.5) is 0 Å². The molecule has 0 saturated carbocycles. The van der Waals surface area contributed by atoms with E-state index in [0.717, 1.165) is 16.3 Å². The summed E-state index contributed by atoms with van der Waals surface area (Å²) in [6, 6.07) is 16.9. The molecule has 0 saturated heterocycles. The summed E-state index contributed by atoms with van der Waals surface area (Å²) in [6.45, 7) is 0.424. The SMILES string of the molecule is O=C(NCc1cccc2ccccc12)c1cc[nH]c(=O)c1. The first-order valence-corrected chi connectivity index (χ1v) is 6.67. The van der Waals surface area contributed by atoms with Crippen LogP contribution in [0.3, 0.4) is 0 Å². The summed E-state index contributed by atoms with van der Waals surface area (Å²) in [5, 5.41) is 5.10. The van der Waals surface area contributed by atoms with Crippen LogP contribution in [0.15, 0.2) is 65.6 Å². The minimum absolute atomic E-state index is 0.256. The fourth-order valence-corrected chi connectivity index (χ4v) is 2.31. The highest BCUT2D eigenvalue weighted by molar-refractivity contribution is 5.94. The highest BCUT2D eigenvalue weighted by atomic mass is 16.2. The lowest BCUT2D eigenvalue weighted by atomic mass is 10.0. The van der Waals surface area contributed by atoms with Gasteiger partial charge in [0.2, 0.25) is 5.56 Å². The maximum atomic E-state index is 12.0. The number of nitrogens with one attached hydrogen (secondary N) is 2. The monoisotopic (exact) mass is 278 g/mol. The topological polar surface area (TPSA) is 62.0 Å². The highest BCUT2D eigenvalue weighted by Crippen LogP contribution is 2.18. The van der Waals surface area contributed by atoms with Crippen LogP contribution in [0.25, 0.3) is 10.8 Å². The molecule has 1 heterocycles. The summed E-state index contributed by atoms with van der Waals surface area (Å²) >= 11 is 0. The van der Waals surface area contributed by atoms with Gasteiger partial charge in [0, 0.05) is 24.4 Å². The van der Waals surface area contributed by atoms with Gasteiger partial charge in [0.25, 0.3) is 5.91 Å². The molecule has 0 bridgehead atoms. The van der Waals surface area contributed by atoms with Crippen molar-refractivity contribution in [1.82, 2.24) is 10.3 Å². The zero-order chi connectivity index (χ0) is 14.7. The number of aromatic nitrogens is 1. The number of hydrogen-bond donors (Lipinski definition) is 2. The van der Waals surface area contributed by atoms with Crippen LogP contribution in [0.2, 0.25) is 0 Å². The van der Waals surface area contributed by atoms with Gasteiger partial charge in [-0.25, -0.2) is 0 Å². The average Bonchev–Trinajstić information content (AvgIpc) is 2.52. The van der Waals surface area contributed by atoms with Crippen LogP contribution in [0, 0.1) is 0 Å². The first kappa shape index (κ1) is 13.1. The molecule has 0 unspecified atom stereocenters. The van der Waals surface area contributed by atoms with E-state index in [1.807, 2.05) is 42.5 Å². The Morgan fingerprint density at radius 3 is 2.71 bits per heavy atom. The van der Waals surface area contributed by atoms with Crippen LogP contribution in [0.5, 0.6) is 0 Å². The molecule has 0 atom stereocenters. The largest absolute Gasteiger partial charge is 0.348 e. The van der Waals surface area contributed by atoms with Crippen molar-refractivity contribution in [3.63, 3.8) is 0 Å². The van der Waals surface area contributed by atoms with Gasteiger partial charge >= 0.3 is 0 Å². The van der Waals surface area contributed by atoms with Gasteiger partial charge in [-0.05, 0) is 22.4 Å². The number of carbonyl (C=O) groups excluding carboxylic acids is 1. The summed E-state index contributed by atoms with van der Waals surface area (Å²) in [6.07, 6.45) is 1.47. The predicted molar refractivity (Wildman–Crippen MR) is 82.2 cm³/mol. The van der Waals surface area contributed by atoms with E-state index in [1.54, 1.807) is 6.07 Å². The zero-order valence-electron chi connectivity index (χ0n) is 11.3. The number of amides is 1. The standard InChI is InChI=1S/C17H14N2O2/c20-16-10-13(8-9-18-16)17(21)19-11-14-6-3-5-12-4-1-2-7-15(12)14/h1-10H,11H2,(H,18,20)(H,19,21). The second kappa shape index (κ2) is 5.63. The van der Waals surface area contributed by atoms with E-state index < -0.39 is 0 Å². The Bertz CT molecular complexity index is 847. The fourth-order valence-electron chi connectivity index (χ4n) is 2.31. The van der Waals surface area contributed by atoms with Gasteiger partial charge < -0.3 is 10.3 Å². The number of carbonyl (C=O) groups is 1. The first-order valence-electron chi connectivity index (χ1n) is 6.67. The van der Waals surface area contributed by atoms with Gasteiger partial charge in [-0.3, -0.25) is 9.59 Å². The van der Waals surface area contributed by atoms with Gasteiger partial charge in [0.1, 0.15) is 0 Å². The quantitative estimate of drug-likeness (QED) is 0.773. The molecule has 21 heavy (non-hydrogen) atoms. The molecular weight excluding hydrogens is 264 g/mol. The molecule has 3 rings (SSSR count). The molecule has 4 nitrogen and oxygen atoms in total. The Kier molecular flexibility index (Phi) is 3.51. The third-order valence-corrected chi connectivity index (χ3v) is 3.36. The lowest BCUT2D eigenvalue weighted by molar-refractivity contribution is 0.0951. The van der Waals surface area contributed by atoms with E-state index in [0.29, 0.717) is 12.1 Å². The molecule has 104 valence electrons. The van der Waals surface area contributed by atoms with Crippen molar-refractivity contribution in [1.29, 1.82) is 0 Å². The molecule has 1 amide bonds. The molecule has 4 heteroatoms. The van der Waals surface area contributed by atoms with Gasteiger partial charge in [0.05, 0.1) is 0 Å². The van der Waals surface area contributed by atoms with Crippen molar-refractivity contribution in [2.75, 3.05) is 0 Å². The summed E-state index contributed by atoms with van der Waals surface area (Å²) in [5.41, 5.74) is 1.12. The number of rotatable bonds is 3. The summed E-state index contributed by atoms with van der Waals surface area (Å²) in [5.74, 6) is -0.256. The smallest absolute Gasteiger partial charge is 0.251 e. The molecule has 0 spiro atoms. The summed E-state index contributed by atoms with van der Waals surface area (Å²) in [4.78, 5) is 25.7. The van der Waals surface area contributed by atoms with Crippen LogP contribution in [-0.4, -0.2) is 10.9 Å². The van der Waals surface area contributed by atoms with Crippen LogP contribution >= 0.6 is 0 Å². The molecule has 2 aromatic carbocycles. The number of hydrogen-bond acceptors (Lipinski definition) is 2. The zero-order valence-corrected chi connectivity index (χ0v) is 11.3. The number of aromatic amines is 1. The van der Waals surface area contributed by atoms with E-state index in [4.69, 9.17) is 0 Å². The normalized spacial score (nSPS) is 10.5. The number of H-pyrrole nitrogens is 1. The third kappa shape index (κ3) is 2.84.